The number of nitrogens with zero attached hydrogens (tertiary/aromatic N) is 3. The molecule has 6 nitrogen and oxygen atoms in total. The predicted octanol–water partition coefficient (Wildman–Crippen LogP) is 6.08. The van der Waals surface area contributed by atoms with E-state index in [-0.39, 0.29) is 65.6 Å². The fourth-order valence-electron chi connectivity index (χ4n) is 6.15. The number of aromatic nitrogens is 2. The van der Waals surface area contributed by atoms with Gasteiger partial charge in [0.15, 0.2) is 5.69 Å². The van der Waals surface area contributed by atoms with Crippen molar-refractivity contribution in [2.45, 2.75) is 78.1 Å². The molecule has 1 amide bonds. The Kier molecular flexibility index (Phi) is 7.35. The molecule has 0 saturated heterocycles. The van der Waals surface area contributed by atoms with Gasteiger partial charge in [0.05, 0.1) is 24.2 Å². The number of hydrogen-bond donors (Lipinski definition) is 1. The molecule has 1 N–H and O–H groups in total. The summed E-state index contributed by atoms with van der Waals surface area (Å²) in [5.74, 6) is -1.66. The van der Waals surface area contributed by atoms with Crippen molar-refractivity contribution < 1.29 is 32.3 Å². The van der Waals surface area contributed by atoms with Gasteiger partial charge >= 0.3 is 12.1 Å². The Morgan fingerprint density at radius 3 is 2.41 bits per heavy atom. The summed E-state index contributed by atoms with van der Waals surface area (Å²) in [6, 6.07) is 3.95. The zero-order valence-electron chi connectivity index (χ0n) is 20.8. The molecule has 37 heavy (non-hydrogen) atoms. The third kappa shape index (κ3) is 5.09. The number of carbonyl (C=O) groups excluding carboxylic acids is 1. The maximum atomic E-state index is 14.4. The number of hydrogen-bond acceptors (Lipinski definition) is 3. The fraction of sp³-hybridized carbons (Fsp3) is 0.577. The van der Waals surface area contributed by atoms with Crippen LogP contribution in [0.1, 0.15) is 74.9 Å². The molecule has 2 heterocycles. The molecule has 11 heteroatoms. The maximum absolute atomic E-state index is 14.4. The summed E-state index contributed by atoms with van der Waals surface area (Å²) < 4.78 is 56.6. The molecular formula is C26H30ClF4N3O3. The first kappa shape index (κ1) is 27.4. The zero-order valence-corrected chi connectivity index (χ0v) is 21.6. The van der Waals surface area contributed by atoms with Gasteiger partial charge in [0.1, 0.15) is 5.82 Å². The van der Waals surface area contributed by atoms with E-state index in [2.05, 4.69) is 5.10 Å². The number of carboxylic acid groups (broad SMARTS) is 1. The predicted molar refractivity (Wildman–Crippen MR) is 128 cm³/mol. The quantitative estimate of drug-likeness (QED) is 0.464. The SMILES string of the molecule is CC.O=C(CC12CCC(C(=O)O)(CC1)C2)N1CCc2c(C(F)(F)F)nn(Cc3ccc(Cl)cc3F)c2C1. The molecule has 0 atom stereocenters. The highest BCUT2D eigenvalue weighted by molar-refractivity contribution is 6.30. The minimum absolute atomic E-state index is 0.00885. The van der Waals surface area contributed by atoms with Crippen LogP contribution in [0.4, 0.5) is 17.6 Å². The maximum Gasteiger partial charge on any atom is 0.435 e. The van der Waals surface area contributed by atoms with Crippen molar-refractivity contribution in [3.8, 4) is 0 Å². The Morgan fingerprint density at radius 2 is 1.84 bits per heavy atom. The van der Waals surface area contributed by atoms with Gasteiger partial charge in [-0.2, -0.15) is 18.3 Å². The topological polar surface area (TPSA) is 75.4 Å². The lowest BCUT2D eigenvalue weighted by atomic mass is 9.80. The van der Waals surface area contributed by atoms with E-state index in [9.17, 15) is 32.3 Å². The van der Waals surface area contributed by atoms with E-state index < -0.39 is 29.1 Å². The molecular weight excluding hydrogens is 514 g/mol. The number of aliphatic carboxylic acids is 1. The molecule has 2 aromatic rings. The van der Waals surface area contributed by atoms with Gasteiger partial charge in [-0.05, 0) is 56.1 Å². The molecule has 1 aromatic heterocycles. The van der Waals surface area contributed by atoms with E-state index in [1.54, 1.807) is 0 Å². The van der Waals surface area contributed by atoms with Crippen molar-refractivity contribution in [2.75, 3.05) is 6.54 Å². The van der Waals surface area contributed by atoms with Crippen molar-refractivity contribution in [1.29, 1.82) is 0 Å². The Hall–Kier alpha value is -2.62. The lowest BCUT2D eigenvalue weighted by Crippen LogP contribution is -2.39. The first-order valence-corrected chi connectivity index (χ1v) is 12.9. The Morgan fingerprint density at radius 1 is 1.16 bits per heavy atom. The van der Waals surface area contributed by atoms with Crippen LogP contribution in [0, 0.1) is 16.6 Å². The molecule has 2 bridgehead atoms. The summed E-state index contributed by atoms with van der Waals surface area (Å²) in [7, 11) is 0. The second kappa shape index (κ2) is 9.93. The number of carbonyl (C=O) groups is 2. The summed E-state index contributed by atoms with van der Waals surface area (Å²) >= 11 is 5.79. The lowest BCUT2D eigenvalue weighted by Gasteiger charge is -2.32. The van der Waals surface area contributed by atoms with Crippen LogP contribution >= 0.6 is 11.6 Å². The van der Waals surface area contributed by atoms with Crippen LogP contribution < -0.4 is 0 Å². The van der Waals surface area contributed by atoms with Gasteiger partial charge in [-0.25, -0.2) is 4.39 Å². The zero-order chi connectivity index (χ0) is 27.2. The molecule has 1 aromatic carbocycles. The van der Waals surface area contributed by atoms with Crippen LogP contribution in [0.25, 0.3) is 0 Å². The van der Waals surface area contributed by atoms with Crippen molar-refractivity contribution in [2.24, 2.45) is 10.8 Å². The van der Waals surface area contributed by atoms with Gasteiger partial charge < -0.3 is 10.0 Å². The van der Waals surface area contributed by atoms with E-state index in [0.717, 1.165) is 10.7 Å². The summed E-state index contributed by atoms with van der Waals surface area (Å²) in [5, 5.41) is 13.6. The van der Waals surface area contributed by atoms with Crippen LogP contribution in [-0.4, -0.2) is 38.2 Å². The summed E-state index contributed by atoms with van der Waals surface area (Å²) in [5.41, 5.74) is -1.72. The smallest absolute Gasteiger partial charge is 0.435 e. The molecule has 0 radical (unpaired) electrons. The number of rotatable bonds is 5. The molecule has 0 unspecified atom stereocenters. The molecule has 3 aliphatic rings. The third-order valence-corrected chi connectivity index (χ3v) is 8.29. The monoisotopic (exact) mass is 543 g/mol. The molecule has 5 rings (SSSR count). The summed E-state index contributed by atoms with van der Waals surface area (Å²) in [6.07, 6.45) is -1.61. The van der Waals surface area contributed by atoms with Crippen LogP contribution in [0.15, 0.2) is 18.2 Å². The summed E-state index contributed by atoms with van der Waals surface area (Å²) in [6.45, 7) is 3.83. The summed E-state index contributed by atoms with van der Waals surface area (Å²) in [4.78, 5) is 26.5. The van der Waals surface area contributed by atoms with Crippen molar-refractivity contribution in [3.05, 3.63) is 51.6 Å². The molecule has 202 valence electrons. The Bertz CT molecular complexity index is 1200. The highest BCUT2D eigenvalue weighted by atomic mass is 35.5. The van der Waals surface area contributed by atoms with Crippen molar-refractivity contribution in [1.82, 2.24) is 14.7 Å². The number of halogens is 5. The number of carboxylic acids is 1. The average molecular weight is 544 g/mol. The Balaban J connectivity index is 0.00000156. The van der Waals surface area contributed by atoms with E-state index in [4.69, 9.17) is 11.6 Å². The normalized spacial score (nSPS) is 24.5. The third-order valence-electron chi connectivity index (χ3n) is 8.06. The van der Waals surface area contributed by atoms with E-state index >= 15 is 0 Å². The van der Waals surface area contributed by atoms with Crippen LogP contribution in [0.2, 0.25) is 5.02 Å². The average Bonchev–Trinajstić information content (AvgIpc) is 3.52. The minimum atomic E-state index is -4.67. The van der Waals surface area contributed by atoms with Gasteiger partial charge in [-0.15, -0.1) is 0 Å². The van der Waals surface area contributed by atoms with E-state index in [1.165, 1.54) is 17.0 Å². The molecule has 2 aliphatic carbocycles. The number of amides is 1. The highest BCUT2D eigenvalue weighted by Gasteiger charge is 2.58. The molecule has 2 fully saturated rings. The second-order valence-corrected chi connectivity index (χ2v) is 10.6. The van der Waals surface area contributed by atoms with Gasteiger partial charge in [0.25, 0.3) is 0 Å². The highest BCUT2D eigenvalue weighted by Crippen LogP contribution is 2.63. The standard InChI is InChI=1S/C24H24ClF4N3O3.C2H6/c25-15-2-1-14(17(26)9-15)11-32-18-12-31(8-3-16(18)20(30-32)24(27,28)29)19(33)10-22-4-6-23(13-22,7-5-22)21(34)35;1-2/h1-2,9H,3-8,10-13H2,(H,34,35);1-2H3. The number of benzene rings is 1. The first-order valence-electron chi connectivity index (χ1n) is 12.5. The molecule has 1 aliphatic heterocycles. The van der Waals surface area contributed by atoms with Crippen LogP contribution in [0.3, 0.4) is 0 Å². The van der Waals surface area contributed by atoms with Crippen LogP contribution in [0.5, 0.6) is 0 Å². The van der Waals surface area contributed by atoms with Gasteiger partial charge in [-0.1, -0.05) is 31.5 Å². The van der Waals surface area contributed by atoms with E-state index in [1.807, 2.05) is 13.8 Å². The van der Waals surface area contributed by atoms with Crippen molar-refractivity contribution in [3.63, 3.8) is 0 Å². The number of alkyl halides is 3. The fourth-order valence-corrected chi connectivity index (χ4v) is 6.31. The first-order chi connectivity index (χ1) is 17.4. The van der Waals surface area contributed by atoms with Gasteiger partial charge in [0.2, 0.25) is 5.91 Å². The molecule has 0 spiro atoms. The molecule has 2 saturated carbocycles. The van der Waals surface area contributed by atoms with E-state index in [0.29, 0.717) is 32.1 Å². The van der Waals surface area contributed by atoms with Gasteiger partial charge in [-0.3, -0.25) is 14.3 Å². The van der Waals surface area contributed by atoms with Crippen molar-refractivity contribution >= 4 is 23.5 Å². The van der Waals surface area contributed by atoms with Gasteiger partial charge in [0, 0.05) is 29.1 Å². The number of fused-ring (bicyclic) bond motifs is 3. The second-order valence-electron chi connectivity index (χ2n) is 10.2. The Labute approximate surface area is 217 Å². The largest absolute Gasteiger partial charge is 0.481 e. The minimum Gasteiger partial charge on any atom is -0.481 e. The lowest BCUT2D eigenvalue weighted by molar-refractivity contribution is -0.148. The van der Waals surface area contributed by atoms with Crippen LogP contribution in [-0.2, 0) is 35.3 Å².